The minimum absolute atomic E-state index is 0.122. The Morgan fingerprint density at radius 2 is 2.20 bits per heavy atom. The molecule has 0 aliphatic rings. The molecule has 0 radical (unpaired) electrons. The van der Waals surface area contributed by atoms with E-state index in [1.54, 1.807) is 0 Å². The van der Waals surface area contributed by atoms with E-state index in [1.165, 1.54) is 11.9 Å². The van der Waals surface area contributed by atoms with Crippen molar-refractivity contribution >= 4 is 5.91 Å². The van der Waals surface area contributed by atoms with Gasteiger partial charge in [0, 0.05) is 19.8 Å². The number of hydrogen-bond donors (Lipinski definition) is 3. The molecule has 3 N–H and O–H groups in total. The van der Waals surface area contributed by atoms with Crippen molar-refractivity contribution in [3.05, 3.63) is 32.6 Å². The third-order valence-electron chi connectivity index (χ3n) is 1.83. The van der Waals surface area contributed by atoms with Crippen molar-refractivity contribution in [3.8, 4) is 0 Å². The molecular formula is C8H11N3O4. The predicted octanol–water partition coefficient (Wildman–Crippen LogP) is -1.87. The number of carbonyl (C=O) groups excluding carboxylic acids is 1. The fourth-order valence-corrected chi connectivity index (χ4v) is 1.03. The molecule has 1 aromatic heterocycles. The molecule has 0 atom stereocenters. The summed E-state index contributed by atoms with van der Waals surface area (Å²) in [5.41, 5.74) is -1.57. The molecular weight excluding hydrogens is 202 g/mol. The zero-order valence-electron chi connectivity index (χ0n) is 8.11. The van der Waals surface area contributed by atoms with Gasteiger partial charge in [-0.3, -0.25) is 14.6 Å². The molecule has 0 aliphatic carbocycles. The normalized spacial score (nSPS) is 10.0. The molecule has 1 rings (SSSR count). The lowest BCUT2D eigenvalue weighted by atomic mass is 10.3. The molecule has 0 fully saturated rings. The van der Waals surface area contributed by atoms with E-state index in [1.807, 2.05) is 4.98 Å². The topological polar surface area (TPSA) is 106 Å². The Labute approximate surface area is 84.4 Å². The van der Waals surface area contributed by atoms with Crippen LogP contribution in [0.15, 0.2) is 15.8 Å². The lowest BCUT2D eigenvalue weighted by Crippen LogP contribution is -2.36. The van der Waals surface area contributed by atoms with Gasteiger partial charge in [-0.05, 0) is 0 Å². The molecule has 0 bridgehead atoms. The van der Waals surface area contributed by atoms with Gasteiger partial charge in [0.2, 0.25) is 0 Å². The standard InChI is InChI=1S/C8H11N3O4/c1-11(2-3-12)7(14)5-4-9-8(15)10-6(5)13/h4,12H,2-3H2,1H3,(H2,9,10,13,15). The zero-order chi connectivity index (χ0) is 11.4. The molecule has 7 heteroatoms. The number of nitrogens with zero attached hydrogens (tertiary/aromatic N) is 1. The Bertz CT molecular complexity index is 461. The first-order chi connectivity index (χ1) is 7.06. The highest BCUT2D eigenvalue weighted by atomic mass is 16.3. The van der Waals surface area contributed by atoms with Crippen molar-refractivity contribution in [1.29, 1.82) is 0 Å². The number of rotatable bonds is 3. The van der Waals surface area contributed by atoms with Crippen LogP contribution in [0.25, 0.3) is 0 Å². The molecule has 1 aromatic rings. The highest BCUT2D eigenvalue weighted by Gasteiger charge is 2.14. The van der Waals surface area contributed by atoms with Gasteiger partial charge >= 0.3 is 5.69 Å². The summed E-state index contributed by atoms with van der Waals surface area (Å²) in [6, 6.07) is 0. The van der Waals surface area contributed by atoms with E-state index in [9.17, 15) is 14.4 Å². The van der Waals surface area contributed by atoms with Gasteiger partial charge in [-0.15, -0.1) is 0 Å². The molecule has 0 spiro atoms. The summed E-state index contributed by atoms with van der Waals surface area (Å²) in [7, 11) is 1.45. The predicted molar refractivity (Wildman–Crippen MR) is 51.7 cm³/mol. The number of likely N-dealkylation sites (N-methyl/N-ethyl adjacent to an activating group) is 1. The van der Waals surface area contributed by atoms with Gasteiger partial charge in [-0.2, -0.15) is 0 Å². The van der Waals surface area contributed by atoms with Crippen LogP contribution in [0.1, 0.15) is 10.4 Å². The maximum absolute atomic E-state index is 11.5. The number of H-pyrrole nitrogens is 2. The zero-order valence-corrected chi connectivity index (χ0v) is 8.11. The van der Waals surface area contributed by atoms with Crippen molar-refractivity contribution in [3.63, 3.8) is 0 Å². The van der Waals surface area contributed by atoms with Crippen molar-refractivity contribution in [1.82, 2.24) is 14.9 Å². The van der Waals surface area contributed by atoms with Crippen LogP contribution in [-0.2, 0) is 0 Å². The van der Waals surface area contributed by atoms with Crippen LogP contribution in [0.2, 0.25) is 0 Å². The van der Waals surface area contributed by atoms with Crippen LogP contribution in [0, 0.1) is 0 Å². The number of nitrogens with one attached hydrogen (secondary N) is 2. The molecule has 1 amide bonds. The maximum Gasteiger partial charge on any atom is 0.325 e. The van der Waals surface area contributed by atoms with E-state index in [4.69, 9.17) is 5.11 Å². The van der Waals surface area contributed by atoms with Crippen LogP contribution in [0.3, 0.4) is 0 Å². The number of aliphatic hydroxyl groups is 1. The third kappa shape index (κ3) is 2.53. The van der Waals surface area contributed by atoms with Gasteiger partial charge < -0.3 is 15.0 Å². The summed E-state index contributed by atoms with van der Waals surface area (Å²) in [6.45, 7) is -0.0686. The van der Waals surface area contributed by atoms with Crippen molar-refractivity contribution in [2.75, 3.05) is 20.2 Å². The number of hydrogen-bond acceptors (Lipinski definition) is 4. The minimum atomic E-state index is -0.742. The second-order valence-corrected chi connectivity index (χ2v) is 2.94. The van der Waals surface area contributed by atoms with Crippen LogP contribution in [0.5, 0.6) is 0 Å². The summed E-state index contributed by atoms with van der Waals surface area (Å²) in [6.07, 6.45) is 1.05. The summed E-state index contributed by atoms with van der Waals surface area (Å²) in [5, 5.41) is 8.61. The van der Waals surface area contributed by atoms with Gasteiger partial charge in [-0.1, -0.05) is 0 Å². The Morgan fingerprint density at radius 1 is 1.53 bits per heavy atom. The molecule has 1 heterocycles. The highest BCUT2D eigenvalue weighted by Crippen LogP contribution is 1.93. The third-order valence-corrected chi connectivity index (χ3v) is 1.83. The fraction of sp³-hybridized carbons (Fsp3) is 0.375. The summed E-state index contributed by atoms with van der Waals surface area (Å²) in [4.78, 5) is 38.7. The van der Waals surface area contributed by atoms with E-state index < -0.39 is 17.2 Å². The average Bonchev–Trinajstić information content (AvgIpc) is 2.17. The first-order valence-corrected chi connectivity index (χ1v) is 4.24. The van der Waals surface area contributed by atoms with Crippen LogP contribution < -0.4 is 11.2 Å². The van der Waals surface area contributed by atoms with Gasteiger partial charge in [0.15, 0.2) is 0 Å². The van der Waals surface area contributed by atoms with E-state index in [0.29, 0.717) is 0 Å². The average molecular weight is 213 g/mol. The van der Waals surface area contributed by atoms with E-state index in [-0.39, 0.29) is 18.7 Å². The van der Waals surface area contributed by atoms with E-state index in [0.717, 1.165) is 6.20 Å². The molecule has 15 heavy (non-hydrogen) atoms. The van der Waals surface area contributed by atoms with Crippen LogP contribution >= 0.6 is 0 Å². The SMILES string of the molecule is CN(CCO)C(=O)c1c[nH]c(=O)[nH]c1=O. The molecule has 0 unspecified atom stereocenters. The smallest absolute Gasteiger partial charge is 0.325 e. The van der Waals surface area contributed by atoms with Crippen molar-refractivity contribution in [2.24, 2.45) is 0 Å². The molecule has 82 valence electrons. The van der Waals surface area contributed by atoms with Gasteiger partial charge in [0.05, 0.1) is 6.61 Å². The second kappa shape index (κ2) is 4.56. The van der Waals surface area contributed by atoms with Crippen molar-refractivity contribution < 1.29 is 9.90 Å². The highest BCUT2D eigenvalue weighted by molar-refractivity contribution is 5.93. The first-order valence-electron chi connectivity index (χ1n) is 4.24. The lowest BCUT2D eigenvalue weighted by Gasteiger charge is -2.14. The van der Waals surface area contributed by atoms with Gasteiger partial charge in [0.25, 0.3) is 11.5 Å². The minimum Gasteiger partial charge on any atom is -0.395 e. The van der Waals surface area contributed by atoms with E-state index in [2.05, 4.69) is 4.98 Å². The summed E-state index contributed by atoms with van der Waals surface area (Å²) in [5.74, 6) is -0.554. The molecule has 0 aromatic carbocycles. The van der Waals surface area contributed by atoms with Crippen LogP contribution in [0.4, 0.5) is 0 Å². The Hall–Kier alpha value is -1.89. The largest absolute Gasteiger partial charge is 0.395 e. The van der Waals surface area contributed by atoms with Gasteiger partial charge in [-0.25, -0.2) is 4.79 Å². The summed E-state index contributed by atoms with van der Waals surface area (Å²) >= 11 is 0. The molecule has 7 nitrogen and oxygen atoms in total. The number of aromatic nitrogens is 2. The molecule has 0 saturated heterocycles. The van der Waals surface area contributed by atoms with Gasteiger partial charge in [0.1, 0.15) is 5.56 Å². The Morgan fingerprint density at radius 3 is 2.73 bits per heavy atom. The molecule has 0 aliphatic heterocycles. The number of amides is 1. The quantitative estimate of drug-likeness (QED) is 0.546. The first kappa shape index (κ1) is 11.2. The number of aromatic amines is 2. The number of carbonyl (C=O) groups is 1. The maximum atomic E-state index is 11.5. The van der Waals surface area contributed by atoms with Crippen LogP contribution in [-0.4, -0.2) is 46.1 Å². The number of aliphatic hydroxyl groups excluding tert-OH is 1. The molecule has 0 saturated carbocycles. The second-order valence-electron chi connectivity index (χ2n) is 2.94. The summed E-state index contributed by atoms with van der Waals surface area (Å²) < 4.78 is 0. The fourth-order valence-electron chi connectivity index (χ4n) is 1.03. The van der Waals surface area contributed by atoms with E-state index >= 15 is 0 Å². The lowest BCUT2D eigenvalue weighted by molar-refractivity contribution is 0.0764. The Balaban J connectivity index is 3.02. The van der Waals surface area contributed by atoms with Crippen molar-refractivity contribution in [2.45, 2.75) is 0 Å². The monoisotopic (exact) mass is 213 g/mol. The Kier molecular flexibility index (Phi) is 3.40.